The van der Waals surface area contributed by atoms with Gasteiger partial charge in [0.15, 0.2) is 17.2 Å². The highest BCUT2D eigenvalue weighted by molar-refractivity contribution is 5.99. The summed E-state index contributed by atoms with van der Waals surface area (Å²) in [6, 6.07) is 4.58. The van der Waals surface area contributed by atoms with E-state index in [2.05, 4.69) is 9.97 Å². The number of oxazole rings is 1. The van der Waals surface area contributed by atoms with Gasteiger partial charge < -0.3 is 19.8 Å². The Labute approximate surface area is 186 Å². The van der Waals surface area contributed by atoms with E-state index in [1.54, 1.807) is 6.07 Å². The number of hydrogen-bond donors (Lipinski definition) is 1. The molecule has 1 saturated heterocycles. The number of carbonyl (C=O) groups is 2. The summed E-state index contributed by atoms with van der Waals surface area (Å²) < 4.78 is 50.5. The van der Waals surface area contributed by atoms with Gasteiger partial charge in [-0.2, -0.15) is 13.2 Å². The number of fused-ring (bicyclic) bond motifs is 1. The minimum Gasteiger partial charge on any atom is -0.494 e. The van der Waals surface area contributed by atoms with Gasteiger partial charge in [0.1, 0.15) is 17.0 Å². The van der Waals surface area contributed by atoms with Crippen molar-refractivity contribution >= 4 is 22.6 Å². The number of aromatic nitrogens is 2. The monoisotopic (exact) mass is 462 g/mol. The lowest BCUT2D eigenvalue weighted by Crippen LogP contribution is -2.40. The average molecular weight is 462 g/mol. The van der Waals surface area contributed by atoms with Crippen LogP contribution >= 0.6 is 0 Å². The SMILES string of the molecule is COc1ccc(-c2nc(C(=O)N3CCC[C@H]3C(C)=O)c(CN)o2)c2ccc(C(F)(F)F)nc12. The minimum atomic E-state index is -4.63. The molecule has 1 aliphatic rings. The van der Waals surface area contributed by atoms with Crippen molar-refractivity contribution in [3.63, 3.8) is 0 Å². The van der Waals surface area contributed by atoms with Crippen molar-refractivity contribution in [1.29, 1.82) is 0 Å². The molecule has 3 heterocycles. The summed E-state index contributed by atoms with van der Waals surface area (Å²) in [5, 5.41) is 0.300. The Morgan fingerprint density at radius 3 is 2.64 bits per heavy atom. The number of halogens is 3. The van der Waals surface area contributed by atoms with Gasteiger partial charge in [0.25, 0.3) is 5.91 Å². The molecule has 33 heavy (non-hydrogen) atoms. The second-order valence-electron chi connectivity index (χ2n) is 7.67. The van der Waals surface area contributed by atoms with Crippen LogP contribution in [0, 0.1) is 0 Å². The molecule has 1 aliphatic heterocycles. The maximum atomic E-state index is 13.2. The molecule has 1 aromatic carbocycles. The van der Waals surface area contributed by atoms with Gasteiger partial charge in [0.05, 0.1) is 19.7 Å². The van der Waals surface area contributed by atoms with E-state index in [1.807, 2.05) is 0 Å². The summed E-state index contributed by atoms with van der Waals surface area (Å²) in [5.41, 5.74) is 4.98. The summed E-state index contributed by atoms with van der Waals surface area (Å²) in [5.74, 6) is -0.326. The molecule has 4 rings (SSSR count). The highest BCUT2D eigenvalue weighted by Gasteiger charge is 2.36. The molecule has 1 amide bonds. The van der Waals surface area contributed by atoms with Crippen LogP contribution in [-0.2, 0) is 17.5 Å². The first-order chi connectivity index (χ1) is 15.7. The lowest BCUT2D eigenvalue weighted by molar-refractivity contribution is -0.141. The summed E-state index contributed by atoms with van der Waals surface area (Å²) in [6.07, 6.45) is -3.37. The predicted molar refractivity (Wildman–Crippen MR) is 111 cm³/mol. The molecule has 11 heteroatoms. The Hall–Kier alpha value is -3.47. The number of ketones is 1. The fourth-order valence-corrected chi connectivity index (χ4v) is 4.04. The summed E-state index contributed by atoms with van der Waals surface area (Å²) in [4.78, 5) is 34.6. The van der Waals surface area contributed by atoms with Crippen LogP contribution in [0.2, 0.25) is 0 Å². The van der Waals surface area contributed by atoms with Crippen molar-refractivity contribution in [1.82, 2.24) is 14.9 Å². The van der Waals surface area contributed by atoms with E-state index in [1.165, 1.54) is 31.1 Å². The van der Waals surface area contributed by atoms with Crippen molar-refractivity contribution in [2.45, 2.75) is 38.5 Å². The molecular formula is C22H21F3N4O4. The van der Waals surface area contributed by atoms with Crippen LogP contribution in [-0.4, -0.2) is 46.3 Å². The molecule has 1 fully saturated rings. The standard InChI is InChI=1S/C22H21F3N4O4/c1-11(30)14-4-3-9-29(14)21(31)19-16(10-26)33-20(28-19)13-5-7-15(32-2)18-12(13)6-8-17(27-18)22(23,24)25/h5-8,14H,3-4,9-10,26H2,1-2H3/t14-/m0/s1. The van der Waals surface area contributed by atoms with E-state index in [0.717, 1.165) is 6.07 Å². The van der Waals surface area contributed by atoms with Crippen LogP contribution in [0.5, 0.6) is 5.75 Å². The molecular weight excluding hydrogens is 441 g/mol. The van der Waals surface area contributed by atoms with Crippen LogP contribution in [0.1, 0.15) is 41.7 Å². The Morgan fingerprint density at radius 1 is 1.24 bits per heavy atom. The molecule has 174 valence electrons. The molecule has 0 saturated carbocycles. The number of nitrogens with two attached hydrogens (primary N) is 1. The first-order valence-electron chi connectivity index (χ1n) is 10.2. The molecule has 1 atom stereocenters. The van der Waals surface area contributed by atoms with Crippen molar-refractivity contribution in [3.05, 3.63) is 41.4 Å². The van der Waals surface area contributed by atoms with Gasteiger partial charge in [-0.25, -0.2) is 9.97 Å². The Bertz CT molecular complexity index is 1240. The fraction of sp³-hybridized carbons (Fsp3) is 0.364. The molecule has 0 spiro atoms. The average Bonchev–Trinajstić information content (AvgIpc) is 3.44. The number of ether oxygens (including phenoxy) is 1. The topological polar surface area (TPSA) is 112 Å². The number of benzene rings is 1. The van der Waals surface area contributed by atoms with Gasteiger partial charge in [-0.15, -0.1) is 0 Å². The first kappa shape index (κ1) is 22.7. The molecule has 2 N–H and O–H groups in total. The van der Waals surface area contributed by atoms with E-state index in [4.69, 9.17) is 14.9 Å². The van der Waals surface area contributed by atoms with Crippen molar-refractivity contribution < 1.29 is 31.9 Å². The first-order valence-corrected chi connectivity index (χ1v) is 10.2. The summed E-state index contributed by atoms with van der Waals surface area (Å²) in [6.45, 7) is 1.71. The predicted octanol–water partition coefficient (Wildman–Crippen LogP) is 3.57. The van der Waals surface area contributed by atoms with Gasteiger partial charge in [-0.05, 0) is 44.0 Å². The highest BCUT2D eigenvalue weighted by Crippen LogP contribution is 2.37. The van der Waals surface area contributed by atoms with Gasteiger partial charge >= 0.3 is 6.18 Å². The zero-order valence-electron chi connectivity index (χ0n) is 17.9. The van der Waals surface area contributed by atoms with Crippen molar-refractivity contribution in [2.75, 3.05) is 13.7 Å². The lowest BCUT2D eigenvalue weighted by atomic mass is 10.1. The van der Waals surface area contributed by atoms with E-state index in [0.29, 0.717) is 30.3 Å². The molecule has 3 aromatic rings. The van der Waals surface area contributed by atoms with Crippen molar-refractivity contribution in [2.24, 2.45) is 5.73 Å². The molecule has 0 bridgehead atoms. The number of alkyl halides is 3. The van der Waals surface area contributed by atoms with Gasteiger partial charge in [-0.3, -0.25) is 9.59 Å². The van der Waals surface area contributed by atoms with E-state index >= 15 is 0 Å². The number of pyridine rings is 1. The van der Waals surface area contributed by atoms with Crippen LogP contribution in [0.3, 0.4) is 0 Å². The van der Waals surface area contributed by atoms with Crippen molar-refractivity contribution in [3.8, 4) is 17.2 Å². The number of methoxy groups -OCH3 is 1. The summed E-state index contributed by atoms with van der Waals surface area (Å²) in [7, 11) is 1.33. The Kier molecular flexibility index (Phi) is 5.83. The van der Waals surface area contributed by atoms with Crippen LogP contribution in [0.25, 0.3) is 22.4 Å². The second kappa shape index (κ2) is 8.47. The smallest absolute Gasteiger partial charge is 0.433 e. The van der Waals surface area contributed by atoms with Gasteiger partial charge in [0, 0.05) is 17.5 Å². The number of likely N-dealkylation sites (tertiary alicyclic amines) is 1. The van der Waals surface area contributed by atoms with E-state index in [9.17, 15) is 22.8 Å². The van der Waals surface area contributed by atoms with E-state index < -0.39 is 23.8 Å². The number of carbonyl (C=O) groups excluding carboxylic acids is 2. The maximum Gasteiger partial charge on any atom is 0.433 e. The summed E-state index contributed by atoms with van der Waals surface area (Å²) >= 11 is 0. The third kappa shape index (κ3) is 4.04. The fourth-order valence-electron chi connectivity index (χ4n) is 4.04. The third-order valence-electron chi connectivity index (χ3n) is 5.63. The number of amides is 1. The number of hydrogen-bond acceptors (Lipinski definition) is 7. The third-order valence-corrected chi connectivity index (χ3v) is 5.63. The molecule has 0 aliphatic carbocycles. The van der Waals surface area contributed by atoms with Gasteiger partial charge in [-0.1, -0.05) is 0 Å². The second-order valence-corrected chi connectivity index (χ2v) is 7.67. The number of Topliss-reactive ketones (excluding diaryl/α,β-unsaturated/α-hetero) is 1. The molecule has 0 radical (unpaired) electrons. The molecule has 8 nitrogen and oxygen atoms in total. The number of nitrogens with zero attached hydrogens (tertiary/aromatic N) is 3. The lowest BCUT2D eigenvalue weighted by Gasteiger charge is -2.21. The minimum absolute atomic E-state index is 0.00610. The zero-order valence-corrected chi connectivity index (χ0v) is 17.9. The Balaban J connectivity index is 1.82. The van der Waals surface area contributed by atoms with Gasteiger partial charge in [0.2, 0.25) is 5.89 Å². The molecule has 0 unspecified atom stereocenters. The largest absolute Gasteiger partial charge is 0.494 e. The number of rotatable bonds is 5. The van der Waals surface area contributed by atoms with Crippen LogP contribution in [0.15, 0.2) is 28.7 Å². The molecule has 2 aromatic heterocycles. The zero-order chi connectivity index (χ0) is 23.9. The highest BCUT2D eigenvalue weighted by atomic mass is 19.4. The quantitative estimate of drug-likeness (QED) is 0.617. The van der Waals surface area contributed by atoms with Crippen LogP contribution < -0.4 is 10.5 Å². The maximum absolute atomic E-state index is 13.2. The Morgan fingerprint density at radius 2 is 2.00 bits per heavy atom. The normalized spacial score (nSPS) is 16.4. The van der Waals surface area contributed by atoms with E-state index in [-0.39, 0.29) is 40.9 Å². The van der Waals surface area contributed by atoms with Crippen LogP contribution in [0.4, 0.5) is 13.2 Å².